The van der Waals surface area contributed by atoms with Gasteiger partial charge in [-0.3, -0.25) is 4.90 Å². The minimum Gasteiger partial charge on any atom is -0.395 e. The van der Waals surface area contributed by atoms with Gasteiger partial charge in [0, 0.05) is 35.2 Å². The van der Waals surface area contributed by atoms with Crippen molar-refractivity contribution in [3.05, 3.63) is 45.4 Å². The third kappa shape index (κ3) is 4.58. The molecule has 2 rings (SSSR count). The van der Waals surface area contributed by atoms with Crippen molar-refractivity contribution in [2.24, 2.45) is 0 Å². The lowest BCUT2D eigenvalue weighted by molar-refractivity contribution is 0.185. The van der Waals surface area contributed by atoms with Gasteiger partial charge in [0.25, 0.3) is 0 Å². The fourth-order valence-corrected chi connectivity index (χ4v) is 3.04. The molecule has 0 radical (unpaired) electrons. The van der Waals surface area contributed by atoms with Crippen LogP contribution in [0.3, 0.4) is 0 Å². The van der Waals surface area contributed by atoms with E-state index in [-0.39, 0.29) is 6.61 Å². The lowest BCUT2D eigenvalue weighted by Crippen LogP contribution is -2.25. The van der Waals surface area contributed by atoms with Crippen molar-refractivity contribution in [2.75, 3.05) is 18.9 Å². The highest BCUT2D eigenvalue weighted by Crippen LogP contribution is 2.19. The molecule has 1 heterocycles. The summed E-state index contributed by atoms with van der Waals surface area (Å²) in [7, 11) is 0. The van der Waals surface area contributed by atoms with Crippen LogP contribution in [0.1, 0.15) is 10.4 Å². The number of aromatic nitrogens is 1. The monoisotopic (exact) mass is 341 g/mol. The molecule has 1 aromatic heterocycles. The molecule has 3 N–H and O–H groups in total. The molecule has 0 bridgehead atoms. The number of nitrogens with two attached hydrogens (primary N) is 1. The van der Waals surface area contributed by atoms with Crippen molar-refractivity contribution in [1.82, 2.24) is 9.88 Å². The SMILES string of the molecule is Nc1ncc(CN(CCO)Cc2cccc(Br)c2)s1. The largest absolute Gasteiger partial charge is 0.395 e. The molecule has 0 saturated carbocycles. The fraction of sp³-hybridized carbons (Fsp3) is 0.308. The van der Waals surface area contributed by atoms with Gasteiger partial charge < -0.3 is 10.8 Å². The summed E-state index contributed by atoms with van der Waals surface area (Å²) in [6.07, 6.45) is 1.80. The smallest absolute Gasteiger partial charge is 0.180 e. The number of aliphatic hydroxyl groups is 1. The lowest BCUT2D eigenvalue weighted by Gasteiger charge is -2.20. The normalized spacial score (nSPS) is 11.1. The first-order valence-corrected chi connectivity index (χ1v) is 7.56. The summed E-state index contributed by atoms with van der Waals surface area (Å²) in [6, 6.07) is 8.19. The van der Waals surface area contributed by atoms with Gasteiger partial charge in [0.1, 0.15) is 0 Å². The zero-order chi connectivity index (χ0) is 13.7. The quantitative estimate of drug-likeness (QED) is 0.847. The molecule has 0 saturated heterocycles. The number of thiazole rings is 1. The molecule has 0 amide bonds. The summed E-state index contributed by atoms with van der Waals surface area (Å²) < 4.78 is 1.07. The van der Waals surface area contributed by atoms with Gasteiger partial charge in [-0.2, -0.15) is 0 Å². The fourth-order valence-electron chi connectivity index (χ4n) is 1.87. The summed E-state index contributed by atoms with van der Waals surface area (Å²) in [5, 5.41) is 9.75. The Morgan fingerprint density at radius 1 is 1.37 bits per heavy atom. The highest BCUT2D eigenvalue weighted by molar-refractivity contribution is 9.10. The number of benzene rings is 1. The number of hydrogen-bond donors (Lipinski definition) is 2. The second kappa shape index (κ2) is 7.00. The van der Waals surface area contributed by atoms with E-state index in [0.29, 0.717) is 11.7 Å². The van der Waals surface area contributed by atoms with E-state index in [9.17, 15) is 0 Å². The Kier molecular flexibility index (Phi) is 5.33. The van der Waals surface area contributed by atoms with Crippen LogP contribution in [0.4, 0.5) is 5.13 Å². The lowest BCUT2D eigenvalue weighted by atomic mass is 10.2. The molecule has 0 aliphatic heterocycles. The maximum absolute atomic E-state index is 9.16. The second-order valence-electron chi connectivity index (χ2n) is 4.23. The van der Waals surface area contributed by atoms with Crippen molar-refractivity contribution in [3.8, 4) is 0 Å². The first-order valence-electron chi connectivity index (χ1n) is 5.95. The average molecular weight is 342 g/mol. The van der Waals surface area contributed by atoms with Crippen molar-refractivity contribution in [1.29, 1.82) is 0 Å². The summed E-state index contributed by atoms with van der Waals surface area (Å²) >= 11 is 4.96. The molecule has 0 atom stereocenters. The minimum atomic E-state index is 0.141. The number of hydrogen-bond acceptors (Lipinski definition) is 5. The molecule has 0 spiro atoms. The Hall–Kier alpha value is -0.950. The molecule has 2 aromatic rings. The maximum atomic E-state index is 9.16. The van der Waals surface area contributed by atoms with Gasteiger partial charge in [0.15, 0.2) is 5.13 Å². The molecule has 102 valence electrons. The van der Waals surface area contributed by atoms with Crippen LogP contribution in [0, 0.1) is 0 Å². The third-order valence-corrected chi connectivity index (χ3v) is 3.97. The van der Waals surface area contributed by atoms with Crippen LogP contribution >= 0.6 is 27.3 Å². The molecule has 6 heteroatoms. The first-order chi connectivity index (χ1) is 9.17. The van der Waals surface area contributed by atoms with E-state index in [2.05, 4.69) is 37.9 Å². The van der Waals surface area contributed by atoms with Crippen LogP contribution in [-0.2, 0) is 13.1 Å². The van der Waals surface area contributed by atoms with Crippen LogP contribution in [0.5, 0.6) is 0 Å². The minimum absolute atomic E-state index is 0.141. The first kappa shape index (κ1) is 14.5. The van der Waals surface area contributed by atoms with E-state index in [1.165, 1.54) is 16.9 Å². The highest BCUT2D eigenvalue weighted by atomic mass is 79.9. The predicted molar refractivity (Wildman–Crippen MR) is 81.9 cm³/mol. The standard InChI is InChI=1S/C13H16BrN3OS/c14-11-3-1-2-10(6-11)8-17(4-5-18)9-12-7-16-13(15)19-12/h1-3,6-7,18H,4-5,8-9H2,(H2,15,16). The van der Waals surface area contributed by atoms with Gasteiger partial charge in [-0.25, -0.2) is 4.98 Å². The van der Waals surface area contributed by atoms with Crippen LogP contribution in [0.25, 0.3) is 0 Å². The summed E-state index contributed by atoms with van der Waals surface area (Å²) in [4.78, 5) is 7.34. The van der Waals surface area contributed by atoms with Gasteiger partial charge in [0.05, 0.1) is 6.61 Å². The molecule has 0 fully saturated rings. The van der Waals surface area contributed by atoms with E-state index < -0.39 is 0 Å². The van der Waals surface area contributed by atoms with Gasteiger partial charge in [-0.15, -0.1) is 11.3 Å². The van der Waals surface area contributed by atoms with E-state index >= 15 is 0 Å². The number of nitrogens with zero attached hydrogens (tertiary/aromatic N) is 2. The van der Waals surface area contributed by atoms with Crippen LogP contribution in [0.15, 0.2) is 34.9 Å². The van der Waals surface area contributed by atoms with Crippen molar-refractivity contribution < 1.29 is 5.11 Å². The van der Waals surface area contributed by atoms with Crippen molar-refractivity contribution in [2.45, 2.75) is 13.1 Å². The number of aliphatic hydroxyl groups excluding tert-OH is 1. The summed E-state index contributed by atoms with van der Waals surface area (Å²) in [5.74, 6) is 0. The van der Waals surface area contributed by atoms with E-state index in [1.54, 1.807) is 6.20 Å². The van der Waals surface area contributed by atoms with Gasteiger partial charge >= 0.3 is 0 Å². The second-order valence-corrected chi connectivity index (χ2v) is 6.29. The Morgan fingerprint density at radius 3 is 2.84 bits per heavy atom. The summed E-state index contributed by atoms with van der Waals surface area (Å²) in [5.41, 5.74) is 6.84. The molecular formula is C13H16BrN3OS. The average Bonchev–Trinajstić information content (AvgIpc) is 2.75. The van der Waals surface area contributed by atoms with Gasteiger partial charge in [-0.05, 0) is 17.7 Å². The Bertz CT molecular complexity index is 532. The highest BCUT2D eigenvalue weighted by Gasteiger charge is 2.09. The topological polar surface area (TPSA) is 62.4 Å². The molecule has 1 aromatic carbocycles. The molecular weight excluding hydrogens is 326 g/mol. The van der Waals surface area contributed by atoms with Crippen molar-refractivity contribution >= 4 is 32.4 Å². The Balaban J connectivity index is 2.03. The Labute approximate surface area is 125 Å². The molecule has 0 aliphatic rings. The maximum Gasteiger partial charge on any atom is 0.180 e. The molecule has 0 unspecified atom stereocenters. The Morgan fingerprint density at radius 2 is 2.21 bits per heavy atom. The zero-order valence-corrected chi connectivity index (χ0v) is 12.8. The van der Waals surface area contributed by atoms with Crippen LogP contribution in [0.2, 0.25) is 0 Å². The van der Waals surface area contributed by atoms with E-state index in [0.717, 1.165) is 22.4 Å². The predicted octanol–water partition coefficient (Wildman–Crippen LogP) is 2.48. The van der Waals surface area contributed by atoms with E-state index in [4.69, 9.17) is 10.8 Å². The van der Waals surface area contributed by atoms with Gasteiger partial charge in [0.2, 0.25) is 0 Å². The zero-order valence-electron chi connectivity index (χ0n) is 10.4. The molecule has 0 aliphatic carbocycles. The van der Waals surface area contributed by atoms with Crippen LogP contribution in [-0.4, -0.2) is 28.1 Å². The summed E-state index contributed by atoms with van der Waals surface area (Å²) in [6.45, 7) is 2.31. The molecule has 19 heavy (non-hydrogen) atoms. The van der Waals surface area contributed by atoms with E-state index in [1.807, 2.05) is 12.1 Å². The number of rotatable bonds is 6. The van der Waals surface area contributed by atoms with Gasteiger partial charge in [-0.1, -0.05) is 28.1 Å². The third-order valence-electron chi connectivity index (χ3n) is 2.66. The molecule has 4 nitrogen and oxygen atoms in total. The number of anilines is 1. The number of halogens is 1. The van der Waals surface area contributed by atoms with Crippen LogP contribution < -0.4 is 5.73 Å². The van der Waals surface area contributed by atoms with Crippen molar-refractivity contribution in [3.63, 3.8) is 0 Å². The number of nitrogen functional groups attached to an aromatic ring is 1.